The fourth-order valence-electron chi connectivity index (χ4n) is 1.67. The summed E-state index contributed by atoms with van der Waals surface area (Å²) in [5.41, 5.74) is 1.30. The second-order valence-electron chi connectivity index (χ2n) is 3.77. The van der Waals surface area contributed by atoms with Crippen LogP contribution in [0.3, 0.4) is 0 Å². The summed E-state index contributed by atoms with van der Waals surface area (Å²) in [5.74, 6) is 2.71. The van der Waals surface area contributed by atoms with Gasteiger partial charge in [0.25, 0.3) is 0 Å². The quantitative estimate of drug-likeness (QED) is 0.779. The summed E-state index contributed by atoms with van der Waals surface area (Å²) in [7, 11) is 0. The van der Waals surface area contributed by atoms with E-state index in [2.05, 4.69) is 52.3 Å². The summed E-state index contributed by atoms with van der Waals surface area (Å²) in [6, 6.07) is 8.67. The summed E-state index contributed by atoms with van der Waals surface area (Å²) in [4.78, 5) is 0. The average molecular weight is 280 g/mol. The zero-order valence-electron chi connectivity index (χ0n) is 9.67. The molecule has 0 heterocycles. The van der Waals surface area contributed by atoms with E-state index in [1.807, 2.05) is 6.07 Å². The molecule has 1 atom stereocenters. The lowest BCUT2D eigenvalue weighted by Crippen LogP contribution is -2.22. The van der Waals surface area contributed by atoms with Gasteiger partial charge in [-0.05, 0) is 31.0 Å². The smallest absolute Gasteiger partial charge is 0.0340 e. The molecule has 0 bridgehead atoms. The largest absolute Gasteiger partial charge is 0.310 e. The van der Waals surface area contributed by atoms with Gasteiger partial charge in [0.1, 0.15) is 0 Å². The first-order chi connectivity index (χ1) is 7.79. The highest BCUT2D eigenvalue weighted by Gasteiger charge is 2.12. The zero-order valence-corrected chi connectivity index (χ0v) is 11.3. The Labute approximate surface area is 107 Å². The first-order valence-corrected chi connectivity index (χ1v) is 6.50. The summed E-state index contributed by atoms with van der Waals surface area (Å²) in [6.07, 6.45) is 8.26. The Morgan fingerprint density at radius 2 is 2.19 bits per heavy atom. The summed E-state index contributed by atoms with van der Waals surface area (Å²) >= 11 is 3.59. The molecule has 0 amide bonds. The maximum atomic E-state index is 5.33. The van der Waals surface area contributed by atoms with Crippen LogP contribution in [-0.2, 0) is 0 Å². The van der Waals surface area contributed by atoms with Crippen molar-refractivity contribution in [3.05, 3.63) is 34.3 Å². The average Bonchev–Trinajstić information content (AvgIpc) is 2.31. The third-order valence-electron chi connectivity index (χ3n) is 2.50. The van der Waals surface area contributed by atoms with Gasteiger partial charge in [0, 0.05) is 16.9 Å². The van der Waals surface area contributed by atoms with Crippen LogP contribution in [0.1, 0.15) is 37.8 Å². The highest BCUT2D eigenvalue weighted by Crippen LogP contribution is 2.26. The number of benzene rings is 1. The number of rotatable bonds is 6. The van der Waals surface area contributed by atoms with Crippen molar-refractivity contribution < 1.29 is 0 Å². The maximum absolute atomic E-state index is 5.33. The van der Waals surface area contributed by atoms with Crippen LogP contribution in [0, 0.1) is 12.3 Å². The van der Waals surface area contributed by atoms with Gasteiger partial charge in [-0.1, -0.05) is 41.1 Å². The molecule has 0 fully saturated rings. The van der Waals surface area contributed by atoms with Crippen LogP contribution in [0.4, 0.5) is 0 Å². The van der Waals surface area contributed by atoms with Crippen LogP contribution in [0.2, 0.25) is 0 Å². The lowest BCUT2D eigenvalue weighted by molar-refractivity contribution is 0.504. The van der Waals surface area contributed by atoms with Gasteiger partial charge in [-0.25, -0.2) is 0 Å². The van der Waals surface area contributed by atoms with Crippen molar-refractivity contribution in [2.24, 2.45) is 0 Å². The van der Waals surface area contributed by atoms with Crippen molar-refractivity contribution in [1.82, 2.24) is 5.32 Å². The van der Waals surface area contributed by atoms with E-state index in [1.54, 1.807) is 0 Å². The molecule has 0 aliphatic rings. The van der Waals surface area contributed by atoms with Crippen molar-refractivity contribution in [1.29, 1.82) is 0 Å². The van der Waals surface area contributed by atoms with E-state index >= 15 is 0 Å². The van der Waals surface area contributed by atoms with E-state index in [4.69, 9.17) is 6.42 Å². The SMILES string of the molecule is C#CCCC(NCCC)c1ccccc1Br. The van der Waals surface area contributed by atoms with Gasteiger partial charge in [-0.15, -0.1) is 12.3 Å². The zero-order chi connectivity index (χ0) is 11.8. The van der Waals surface area contributed by atoms with Crippen molar-refractivity contribution in [3.8, 4) is 12.3 Å². The number of terminal acetylenes is 1. The van der Waals surface area contributed by atoms with Crippen LogP contribution >= 0.6 is 15.9 Å². The second-order valence-corrected chi connectivity index (χ2v) is 4.63. The van der Waals surface area contributed by atoms with E-state index < -0.39 is 0 Å². The molecule has 86 valence electrons. The third kappa shape index (κ3) is 4.00. The van der Waals surface area contributed by atoms with Crippen LogP contribution in [0.5, 0.6) is 0 Å². The molecule has 0 aromatic heterocycles. The molecule has 2 heteroatoms. The van der Waals surface area contributed by atoms with Gasteiger partial charge in [-0.2, -0.15) is 0 Å². The topological polar surface area (TPSA) is 12.0 Å². The molecule has 16 heavy (non-hydrogen) atoms. The minimum atomic E-state index is 0.353. The van der Waals surface area contributed by atoms with Gasteiger partial charge in [0.2, 0.25) is 0 Å². The molecule has 1 aromatic rings. The summed E-state index contributed by atoms with van der Waals surface area (Å²) < 4.78 is 1.15. The second kappa shape index (κ2) is 7.49. The molecule has 1 rings (SSSR count). The fraction of sp³-hybridized carbons (Fsp3) is 0.429. The van der Waals surface area contributed by atoms with Gasteiger partial charge in [-0.3, -0.25) is 0 Å². The van der Waals surface area contributed by atoms with Crippen molar-refractivity contribution in [2.75, 3.05) is 6.54 Å². The van der Waals surface area contributed by atoms with Crippen molar-refractivity contribution in [2.45, 2.75) is 32.2 Å². The maximum Gasteiger partial charge on any atom is 0.0340 e. The van der Waals surface area contributed by atoms with Crippen molar-refractivity contribution >= 4 is 15.9 Å². The van der Waals surface area contributed by atoms with Crippen LogP contribution in [0.15, 0.2) is 28.7 Å². The molecular weight excluding hydrogens is 262 g/mol. The Morgan fingerprint density at radius 1 is 1.44 bits per heavy atom. The third-order valence-corrected chi connectivity index (χ3v) is 3.22. The minimum absolute atomic E-state index is 0.353. The molecule has 1 aromatic carbocycles. The number of nitrogens with one attached hydrogen (secondary N) is 1. The summed E-state index contributed by atoms with van der Waals surface area (Å²) in [5, 5.41) is 3.54. The predicted molar refractivity (Wildman–Crippen MR) is 73.2 cm³/mol. The first kappa shape index (κ1) is 13.3. The van der Waals surface area contributed by atoms with E-state index in [0.717, 1.165) is 30.3 Å². The van der Waals surface area contributed by atoms with E-state index in [0.29, 0.717) is 6.04 Å². The lowest BCUT2D eigenvalue weighted by Gasteiger charge is -2.19. The number of hydrogen-bond acceptors (Lipinski definition) is 1. The Morgan fingerprint density at radius 3 is 2.81 bits per heavy atom. The number of halogens is 1. The molecule has 0 aliphatic heterocycles. The Bertz CT molecular complexity index is 354. The van der Waals surface area contributed by atoms with Crippen LogP contribution in [0.25, 0.3) is 0 Å². The van der Waals surface area contributed by atoms with E-state index in [-0.39, 0.29) is 0 Å². The summed E-state index contributed by atoms with van der Waals surface area (Å²) in [6.45, 7) is 3.20. The monoisotopic (exact) mass is 279 g/mol. The molecular formula is C14H18BrN. The highest BCUT2D eigenvalue weighted by molar-refractivity contribution is 9.10. The van der Waals surface area contributed by atoms with Gasteiger partial charge < -0.3 is 5.32 Å². The molecule has 1 nitrogen and oxygen atoms in total. The lowest BCUT2D eigenvalue weighted by atomic mass is 10.0. The first-order valence-electron chi connectivity index (χ1n) is 5.70. The Kier molecular flexibility index (Phi) is 6.22. The van der Waals surface area contributed by atoms with E-state index in [9.17, 15) is 0 Å². The normalized spacial score (nSPS) is 12.1. The Hall–Kier alpha value is -0.780. The molecule has 0 aliphatic carbocycles. The predicted octanol–water partition coefficient (Wildman–Crippen LogP) is 3.90. The van der Waals surface area contributed by atoms with Crippen LogP contribution < -0.4 is 5.32 Å². The molecule has 0 saturated carbocycles. The van der Waals surface area contributed by atoms with Gasteiger partial charge >= 0.3 is 0 Å². The van der Waals surface area contributed by atoms with Gasteiger partial charge in [0.05, 0.1) is 0 Å². The molecule has 1 unspecified atom stereocenters. The Balaban J connectivity index is 2.75. The fourth-order valence-corrected chi connectivity index (χ4v) is 2.23. The standard InChI is InChI=1S/C14H18BrN/c1-3-5-10-14(16-11-4-2)12-8-6-7-9-13(12)15/h1,6-9,14,16H,4-5,10-11H2,2H3. The van der Waals surface area contributed by atoms with Gasteiger partial charge in [0.15, 0.2) is 0 Å². The molecule has 0 spiro atoms. The number of hydrogen-bond donors (Lipinski definition) is 1. The highest BCUT2D eigenvalue weighted by atomic mass is 79.9. The minimum Gasteiger partial charge on any atom is -0.310 e. The van der Waals surface area contributed by atoms with E-state index in [1.165, 1.54) is 5.56 Å². The van der Waals surface area contributed by atoms with Crippen molar-refractivity contribution in [3.63, 3.8) is 0 Å². The van der Waals surface area contributed by atoms with Crippen LogP contribution in [-0.4, -0.2) is 6.54 Å². The molecule has 1 N–H and O–H groups in total. The molecule has 0 radical (unpaired) electrons. The molecule has 0 saturated heterocycles.